The molecule has 9 heteroatoms. The molecule has 0 spiro atoms. The highest BCUT2D eigenvalue weighted by Gasteiger charge is 2.25. The third-order valence-corrected chi connectivity index (χ3v) is 2.72. The van der Waals surface area contributed by atoms with Crippen molar-refractivity contribution in [3.05, 3.63) is 45.1 Å². The smallest absolute Gasteiger partial charge is 0.305 e. The number of nitrogens with zero attached hydrogens (tertiary/aromatic N) is 4. The Bertz CT molecular complexity index is 778. The predicted octanol–water partition coefficient (Wildman–Crippen LogP) is 2.09. The van der Waals surface area contributed by atoms with Gasteiger partial charge in [-0.3, -0.25) is 10.1 Å². The van der Waals surface area contributed by atoms with Crippen molar-refractivity contribution in [2.75, 3.05) is 5.73 Å². The van der Waals surface area contributed by atoms with Crippen LogP contribution in [0.2, 0.25) is 0 Å². The number of nitriles is 1. The van der Waals surface area contributed by atoms with E-state index in [1.165, 1.54) is 6.92 Å². The van der Waals surface area contributed by atoms with Crippen LogP contribution >= 0.6 is 0 Å². The molecule has 0 fully saturated rings. The lowest BCUT2D eigenvalue weighted by Gasteiger charge is -2.07. The van der Waals surface area contributed by atoms with Gasteiger partial charge in [0.15, 0.2) is 5.82 Å². The normalized spacial score (nSPS) is 10.2. The molecule has 2 aromatic rings. The van der Waals surface area contributed by atoms with E-state index in [0.717, 1.165) is 6.07 Å². The van der Waals surface area contributed by atoms with E-state index < -0.39 is 33.6 Å². The molecule has 2 rings (SSSR count). The predicted molar refractivity (Wildman–Crippen MR) is 67.9 cm³/mol. The number of nitro benzene ring substituents is 1. The maximum Gasteiger partial charge on any atom is 0.305 e. The van der Waals surface area contributed by atoms with Crippen LogP contribution in [-0.2, 0) is 0 Å². The highest BCUT2D eigenvalue weighted by atomic mass is 19.1. The number of hydrogen-bond acceptors (Lipinski definition) is 6. The second kappa shape index (κ2) is 5.09. The van der Waals surface area contributed by atoms with Crippen molar-refractivity contribution in [3.63, 3.8) is 0 Å². The summed E-state index contributed by atoms with van der Waals surface area (Å²) in [6.45, 7) is 1.41. The Morgan fingerprint density at radius 3 is 2.57 bits per heavy atom. The van der Waals surface area contributed by atoms with Crippen molar-refractivity contribution in [3.8, 4) is 17.5 Å². The van der Waals surface area contributed by atoms with Crippen molar-refractivity contribution < 1.29 is 13.7 Å². The van der Waals surface area contributed by atoms with Gasteiger partial charge in [-0.1, -0.05) is 0 Å². The number of anilines is 1. The van der Waals surface area contributed by atoms with Gasteiger partial charge in [-0.25, -0.2) is 14.4 Å². The SMILES string of the molecule is Cc1nc(-c2c(F)ccc([N+](=O)[O-])c2F)nc(N)c1C#N. The maximum absolute atomic E-state index is 14.0. The molecule has 2 N–H and O–H groups in total. The molecule has 0 saturated carbocycles. The Morgan fingerprint density at radius 2 is 2.05 bits per heavy atom. The number of nitrogens with two attached hydrogens (primary N) is 1. The third kappa shape index (κ3) is 2.34. The highest BCUT2D eigenvalue weighted by Crippen LogP contribution is 2.30. The summed E-state index contributed by atoms with van der Waals surface area (Å²) in [6, 6.07) is 3.20. The summed E-state index contributed by atoms with van der Waals surface area (Å²) in [5.41, 5.74) is 3.94. The monoisotopic (exact) mass is 291 g/mol. The summed E-state index contributed by atoms with van der Waals surface area (Å²) in [4.78, 5) is 17.1. The van der Waals surface area contributed by atoms with Crippen LogP contribution in [0.5, 0.6) is 0 Å². The molecular weight excluding hydrogens is 284 g/mol. The van der Waals surface area contributed by atoms with Gasteiger partial charge in [0.1, 0.15) is 23.3 Å². The first-order valence-electron chi connectivity index (χ1n) is 5.53. The minimum Gasteiger partial charge on any atom is -0.382 e. The number of aromatic nitrogens is 2. The van der Waals surface area contributed by atoms with Crippen molar-refractivity contribution in [1.82, 2.24) is 9.97 Å². The van der Waals surface area contributed by atoms with Gasteiger partial charge in [0.25, 0.3) is 0 Å². The van der Waals surface area contributed by atoms with Crippen molar-refractivity contribution in [2.24, 2.45) is 0 Å². The van der Waals surface area contributed by atoms with Crippen LogP contribution < -0.4 is 5.73 Å². The summed E-state index contributed by atoms with van der Waals surface area (Å²) >= 11 is 0. The number of halogens is 2. The van der Waals surface area contributed by atoms with Gasteiger partial charge in [-0.2, -0.15) is 9.65 Å². The van der Waals surface area contributed by atoms with Crippen LogP contribution in [0.25, 0.3) is 11.4 Å². The molecule has 7 nitrogen and oxygen atoms in total. The lowest BCUT2D eigenvalue weighted by Crippen LogP contribution is -2.06. The van der Waals surface area contributed by atoms with Crippen LogP contribution in [0, 0.1) is 40.0 Å². The van der Waals surface area contributed by atoms with Gasteiger partial charge in [-0.15, -0.1) is 0 Å². The van der Waals surface area contributed by atoms with E-state index in [9.17, 15) is 18.9 Å². The summed E-state index contributed by atoms with van der Waals surface area (Å²) in [5, 5.41) is 19.5. The van der Waals surface area contributed by atoms with Gasteiger partial charge in [0, 0.05) is 6.07 Å². The molecule has 0 saturated heterocycles. The largest absolute Gasteiger partial charge is 0.382 e. The first kappa shape index (κ1) is 14.3. The zero-order chi connectivity index (χ0) is 15.7. The standard InChI is InChI=1S/C12H7F2N5O2/c1-5-6(4-15)11(16)18-12(17-5)9-7(13)2-3-8(10(9)14)19(20)21/h2-3H,1H3,(H2,16,17,18). The van der Waals surface area contributed by atoms with E-state index in [1.807, 2.05) is 0 Å². The fourth-order valence-corrected chi connectivity index (χ4v) is 1.73. The molecule has 1 heterocycles. The molecular formula is C12H7F2N5O2. The molecule has 0 aliphatic carbocycles. The van der Waals surface area contributed by atoms with Gasteiger partial charge >= 0.3 is 5.69 Å². The number of nitrogen functional groups attached to an aromatic ring is 1. The Labute approximate surface area is 116 Å². The third-order valence-electron chi connectivity index (χ3n) is 2.72. The molecule has 1 aromatic carbocycles. The van der Waals surface area contributed by atoms with E-state index in [0.29, 0.717) is 6.07 Å². The molecule has 0 unspecified atom stereocenters. The maximum atomic E-state index is 14.0. The summed E-state index contributed by atoms with van der Waals surface area (Å²) in [7, 11) is 0. The van der Waals surface area contributed by atoms with E-state index >= 15 is 0 Å². The van der Waals surface area contributed by atoms with E-state index in [4.69, 9.17) is 11.0 Å². The zero-order valence-electron chi connectivity index (χ0n) is 10.6. The number of benzene rings is 1. The first-order chi connectivity index (χ1) is 9.86. The van der Waals surface area contributed by atoms with Crippen molar-refractivity contribution >= 4 is 11.5 Å². The fraction of sp³-hybridized carbons (Fsp3) is 0.0833. The van der Waals surface area contributed by atoms with E-state index in [-0.39, 0.29) is 17.1 Å². The Morgan fingerprint density at radius 1 is 1.38 bits per heavy atom. The molecule has 21 heavy (non-hydrogen) atoms. The summed E-state index contributed by atoms with van der Waals surface area (Å²) in [6.07, 6.45) is 0. The highest BCUT2D eigenvalue weighted by molar-refractivity contribution is 5.65. The Kier molecular flexibility index (Phi) is 3.45. The Hall–Kier alpha value is -3.15. The fourth-order valence-electron chi connectivity index (χ4n) is 1.73. The van der Waals surface area contributed by atoms with Crippen LogP contribution in [-0.4, -0.2) is 14.9 Å². The number of rotatable bonds is 2. The van der Waals surface area contributed by atoms with E-state index in [2.05, 4.69) is 9.97 Å². The zero-order valence-corrected chi connectivity index (χ0v) is 10.6. The molecule has 0 aliphatic heterocycles. The van der Waals surface area contributed by atoms with Crippen LogP contribution in [0.3, 0.4) is 0 Å². The van der Waals surface area contributed by atoms with Gasteiger partial charge in [0.05, 0.1) is 16.2 Å². The molecule has 0 amide bonds. The van der Waals surface area contributed by atoms with Crippen LogP contribution in [0.1, 0.15) is 11.3 Å². The van der Waals surface area contributed by atoms with Crippen LogP contribution in [0.15, 0.2) is 12.1 Å². The lowest BCUT2D eigenvalue weighted by atomic mass is 10.1. The summed E-state index contributed by atoms with van der Waals surface area (Å²) in [5.74, 6) is -3.18. The average Bonchev–Trinajstić information content (AvgIpc) is 2.38. The van der Waals surface area contributed by atoms with Crippen LogP contribution in [0.4, 0.5) is 20.3 Å². The van der Waals surface area contributed by atoms with Crippen molar-refractivity contribution in [1.29, 1.82) is 5.26 Å². The molecule has 1 aromatic heterocycles. The minimum absolute atomic E-state index is 0.0232. The number of nitro groups is 1. The molecule has 0 aliphatic rings. The topological polar surface area (TPSA) is 119 Å². The van der Waals surface area contributed by atoms with Gasteiger partial charge in [-0.05, 0) is 13.0 Å². The lowest BCUT2D eigenvalue weighted by molar-refractivity contribution is -0.387. The average molecular weight is 291 g/mol. The second-order valence-electron chi connectivity index (χ2n) is 4.02. The quantitative estimate of drug-likeness (QED) is 0.668. The molecule has 0 atom stereocenters. The number of aryl methyl sites for hydroxylation is 1. The molecule has 106 valence electrons. The molecule has 0 radical (unpaired) electrons. The second-order valence-corrected chi connectivity index (χ2v) is 4.02. The summed E-state index contributed by atoms with van der Waals surface area (Å²) < 4.78 is 27.8. The first-order valence-corrected chi connectivity index (χ1v) is 5.53. The van der Waals surface area contributed by atoms with E-state index in [1.54, 1.807) is 6.07 Å². The van der Waals surface area contributed by atoms with Crippen molar-refractivity contribution in [2.45, 2.75) is 6.92 Å². The Balaban J connectivity index is 2.77. The minimum atomic E-state index is -1.40. The number of hydrogen-bond donors (Lipinski definition) is 1. The van der Waals surface area contributed by atoms with Gasteiger partial charge < -0.3 is 5.73 Å². The van der Waals surface area contributed by atoms with Gasteiger partial charge in [0.2, 0.25) is 5.82 Å². The molecule has 0 bridgehead atoms.